The molecule has 0 saturated heterocycles. The summed E-state index contributed by atoms with van der Waals surface area (Å²) in [6.45, 7) is 4.09. The molecular formula is C19H21N3O2S. The summed E-state index contributed by atoms with van der Waals surface area (Å²) in [6.07, 6.45) is 0.791. The zero-order valence-corrected chi connectivity index (χ0v) is 15.4. The van der Waals surface area contributed by atoms with Crippen molar-refractivity contribution < 1.29 is 9.21 Å². The van der Waals surface area contributed by atoms with Crippen LogP contribution in [0.1, 0.15) is 36.4 Å². The van der Waals surface area contributed by atoms with Crippen molar-refractivity contribution in [2.75, 3.05) is 7.05 Å². The van der Waals surface area contributed by atoms with Gasteiger partial charge in [0.05, 0.1) is 6.04 Å². The highest BCUT2D eigenvalue weighted by Crippen LogP contribution is 2.22. The van der Waals surface area contributed by atoms with Crippen LogP contribution in [0.25, 0.3) is 11.5 Å². The van der Waals surface area contributed by atoms with Gasteiger partial charge < -0.3 is 9.32 Å². The van der Waals surface area contributed by atoms with Gasteiger partial charge in [-0.3, -0.25) is 4.79 Å². The van der Waals surface area contributed by atoms with Gasteiger partial charge in [0.25, 0.3) is 0 Å². The fraction of sp³-hybridized carbons (Fsp3) is 0.316. The Morgan fingerprint density at radius 1 is 1.24 bits per heavy atom. The standard InChI is InChI=1S/C19H21N3O2S/c1-13-4-6-15(7-5-13)14(2)22(3)18(23)9-8-17-20-21-19(24-17)16-10-11-25-12-16/h4-7,10-12,14H,8-9H2,1-3H3. The summed E-state index contributed by atoms with van der Waals surface area (Å²) in [5, 5.41) is 12.0. The van der Waals surface area contributed by atoms with Crippen LogP contribution in [-0.4, -0.2) is 28.1 Å². The van der Waals surface area contributed by atoms with Gasteiger partial charge in [-0.1, -0.05) is 29.8 Å². The molecule has 1 aromatic carbocycles. The first kappa shape index (κ1) is 17.4. The minimum absolute atomic E-state index is 0.0251. The maximum atomic E-state index is 12.5. The molecular weight excluding hydrogens is 334 g/mol. The lowest BCUT2D eigenvalue weighted by atomic mass is 10.1. The predicted octanol–water partition coefficient (Wildman–Crippen LogP) is 4.26. The summed E-state index contributed by atoms with van der Waals surface area (Å²) in [6, 6.07) is 10.2. The van der Waals surface area contributed by atoms with E-state index in [1.54, 1.807) is 16.2 Å². The van der Waals surface area contributed by atoms with Crippen LogP contribution in [0.3, 0.4) is 0 Å². The van der Waals surface area contributed by atoms with E-state index in [4.69, 9.17) is 4.42 Å². The van der Waals surface area contributed by atoms with Crippen molar-refractivity contribution in [1.29, 1.82) is 0 Å². The van der Waals surface area contributed by atoms with Crippen LogP contribution < -0.4 is 0 Å². The van der Waals surface area contributed by atoms with Crippen molar-refractivity contribution in [3.05, 3.63) is 58.1 Å². The molecule has 1 unspecified atom stereocenters. The molecule has 3 rings (SSSR count). The lowest BCUT2D eigenvalue weighted by molar-refractivity contribution is -0.131. The van der Waals surface area contributed by atoms with Crippen LogP contribution in [0.5, 0.6) is 0 Å². The Hall–Kier alpha value is -2.47. The van der Waals surface area contributed by atoms with Crippen LogP contribution in [-0.2, 0) is 11.2 Å². The number of benzene rings is 1. The van der Waals surface area contributed by atoms with E-state index in [1.165, 1.54) is 5.56 Å². The fourth-order valence-corrected chi connectivity index (χ4v) is 3.16. The quantitative estimate of drug-likeness (QED) is 0.663. The van der Waals surface area contributed by atoms with E-state index in [0.29, 0.717) is 24.6 Å². The molecule has 0 radical (unpaired) electrons. The highest BCUT2D eigenvalue weighted by atomic mass is 32.1. The Balaban J connectivity index is 1.57. The molecule has 6 heteroatoms. The van der Waals surface area contributed by atoms with Crippen molar-refractivity contribution in [1.82, 2.24) is 15.1 Å². The summed E-state index contributed by atoms with van der Waals surface area (Å²) < 4.78 is 5.63. The average Bonchev–Trinajstić information content (AvgIpc) is 3.30. The van der Waals surface area contributed by atoms with Gasteiger partial charge in [0, 0.05) is 30.8 Å². The van der Waals surface area contributed by atoms with Crippen LogP contribution >= 0.6 is 11.3 Å². The maximum absolute atomic E-state index is 12.5. The average molecular weight is 355 g/mol. The molecule has 5 nitrogen and oxygen atoms in total. The molecule has 0 fully saturated rings. The summed E-state index contributed by atoms with van der Waals surface area (Å²) in [4.78, 5) is 14.2. The summed E-state index contributed by atoms with van der Waals surface area (Å²) >= 11 is 1.58. The molecule has 1 atom stereocenters. The van der Waals surface area contributed by atoms with Crippen molar-refractivity contribution >= 4 is 17.2 Å². The van der Waals surface area contributed by atoms with Crippen LogP contribution in [0.2, 0.25) is 0 Å². The Labute approximate surface area is 151 Å². The molecule has 1 amide bonds. The minimum atomic E-state index is 0.0251. The molecule has 0 bridgehead atoms. The van der Waals surface area contributed by atoms with Crippen molar-refractivity contribution in [2.45, 2.75) is 32.7 Å². The second-order valence-electron chi connectivity index (χ2n) is 6.10. The predicted molar refractivity (Wildman–Crippen MR) is 98.3 cm³/mol. The molecule has 130 valence electrons. The molecule has 0 N–H and O–H groups in total. The molecule has 0 saturated carbocycles. The monoisotopic (exact) mass is 355 g/mol. The lowest BCUT2D eigenvalue weighted by Gasteiger charge is -2.25. The van der Waals surface area contributed by atoms with E-state index in [1.807, 2.05) is 30.8 Å². The Kier molecular flexibility index (Phi) is 5.28. The van der Waals surface area contributed by atoms with Crippen molar-refractivity contribution in [2.24, 2.45) is 0 Å². The SMILES string of the molecule is Cc1ccc(C(C)N(C)C(=O)CCc2nnc(-c3ccsc3)o2)cc1. The highest BCUT2D eigenvalue weighted by Gasteiger charge is 2.18. The number of aryl methyl sites for hydroxylation is 2. The first-order valence-electron chi connectivity index (χ1n) is 8.22. The first-order valence-corrected chi connectivity index (χ1v) is 9.16. The van der Waals surface area contributed by atoms with E-state index in [9.17, 15) is 4.79 Å². The van der Waals surface area contributed by atoms with Crippen molar-refractivity contribution in [3.8, 4) is 11.5 Å². The fourth-order valence-electron chi connectivity index (χ4n) is 2.53. The summed E-state index contributed by atoms with van der Waals surface area (Å²) in [7, 11) is 1.83. The van der Waals surface area contributed by atoms with Gasteiger partial charge >= 0.3 is 0 Å². The third-order valence-electron chi connectivity index (χ3n) is 4.32. The number of rotatable bonds is 6. The molecule has 2 heterocycles. The van der Waals surface area contributed by atoms with E-state index in [2.05, 4.69) is 41.4 Å². The largest absolute Gasteiger partial charge is 0.421 e. The third-order valence-corrected chi connectivity index (χ3v) is 5.01. The number of thiophene rings is 1. The first-order chi connectivity index (χ1) is 12.0. The van der Waals surface area contributed by atoms with E-state index < -0.39 is 0 Å². The van der Waals surface area contributed by atoms with Gasteiger partial charge in [-0.25, -0.2) is 0 Å². The number of carbonyl (C=O) groups excluding carboxylic acids is 1. The molecule has 3 aromatic rings. The highest BCUT2D eigenvalue weighted by molar-refractivity contribution is 7.08. The van der Waals surface area contributed by atoms with Gasteiger partial charge in [-0.05, 0) is 30.9 Å². The third kappa shape index (κ3) is 4.14. The van der Waals surface area contributed by atoms with E-state index >= 15 is 0 Å². The smallest absolute Gasteiger partial charge is 0.248 e. The number of nitrogens with zero attached hydrogens (tertiary/aromatic N) is 3. The second kappa shape index (κ2) is 7.61. The topological polar surface area (TPSA) is 59.2 Å². The molecule has 0 aliphatic carbocycles. The second-order valence-corrected chi connectivity index (χ2v) is 6.88. The van der Waals surface area contributed by atoms with Crippen LogP contribution in [0.15, 0.2) is 45.5 Å². The molecule has 0 aliphatic heterocycles. The van der Waals surface area contributed by atoms with Gasteiger partial charge in [0.15, 0.2) is 0 Å². The van der Waals surface area contributed by atoms with E-state index in [-0.39, 0.29) is 11.9 Å². The number of hydrogen-bond acceptors (Lipinski definition) is 5. The molecule has 25 heavy (non-hydrogen) atoms. The molecule has 0 spiro atoms. The number of hydrogen-bond donors (Lipinski definition) is 0. The summed E-state index contributed by atoms with van der Waals surface area (Å²) in [5.41, 5.74) is 3.25. The normalized spacial score (nSPS) is 12.1. The van der Waals surface area contributed by atoms with Gasteiger partial charge in [-0.15, -0.1) is 10.2 Å². The maximum Gasteiger partial charge on any atom is 0.248 e. The molecule has 0 aliphatic rings. The number of aromatic nitrogens is 2. The zero-order chi connectivity index (χ0) is 17.8. The lowest BCUT2D eigenvalue weighted by Crippen LogP contribution is -2.29. The Morgan fingerprint density at radius 3 is 2.68 bits per heavy atom. The van der Waals surface area contributed by atoms with E-state index in [0.717, 1.165) is 11.1 Å². The Morgan fingerprint density at radius 2 is 2.00 bits per heavy atom. The minimum Gasteiger partial charge on any atom is -0.421 e. The Bertz CT molecular complexity index is 825. The van der Waals surface area contributed by atoms with Crippen LogP contribution in [0, 0.1) is 6.92 Å². The van der Waals surface area contributed by atoms with Gasteiger partial charge in [-0.2, -0.15) is 11.3 Å². The number of amides is 1. The van der Waals surface area contributed by atoms with Crippen molar-refractivity contribution in [3.63, 3.8) is 0 Å². The number of carbonyl (C=O) groups is 1. The zero-order valence-electron chi connectivity index (χ0n) is 14.6. The van der Waals surface area contributed by atoms with Crippen LogP contribution in [0.4, 0.5) is 0 Å². The summed E-state index contributed by atoms with van der Waals surface area (Å²) in [5.74, 6) is 1.05. The van der Waals surface area contributed by atoms with Gasteiger partial charge in [0.2, 0.25) is 17.7 Å². The molecule has 2 aromatic heterocycles. The van der Waals surface area contributed by atoms with Gasteiger partial charge in [0.1, 0.15) is 0 Å².